The van der Waals surface area contributed by atoms with Crippen LogP contribution in [0.4, 0.5) is 0 Å². The first-order chi connectivity index (χ1) is 27.6. The Labute approximate surface area is 345 Å². The number of likely N-dealkylation sites (tertiary alicyclic amines) is 1. The van der Waals surface area contributed by atoms with Gasteiger partial charge >= 0.3 is 5.97 Å². The SMILES string of the molecule is CCC1OC(=O)CC(O)C(C)C(OC2OC(C)C(O)C(NC)C2O)C(CCN2CCCCC2)CC(C)C(=O)/C=C/C(C)=C/C1COC1OC(C)C(O)C(OC)C1OC. The summed E-state index contributed by atoms with van der Waals surface area (Å²) in [7, 11) is 4.63. The van der Waals surface area contributed by atoms with Gasteiger partial charge in [-0.2, -0.15) is 0 Å². The highest BCUT2D eigenvalue weighted by molar-refractivity contribution is 5.91. The number of ether oxygens (including phenoxy) is 7. The van der Waals surface area contributed by atoms with Crippen molar-refractivity contribution in [2.75, 3.05) is 47.5 Å². The molecule has 0 aromatic rings. The van der Waals surface area contributed by atoms with E-state index in [2.05, 4.69) is 10.2 Å². The second kappa shape index (κ2) is 23.4. The summed E-state index contributed by atoms with van der Waals surface area (Å²) in [6.45, 7) is 13.7. The Morgan fingerprint density at radius 3 is 2.16 bits per heavy atom. The molecule has 17 atom stereocenters. The quantitative estimate of drug-likeness (QED) is 0.180. The molecule has 4 aliphatic rings. The zero-order valence-electron chi connectivity index (χ0n) is 36.2. The first-order valence-electron chi connectivity index (χ1n) is 21.5. The number of hydrogen-bond acceptors (Lipinski definition) is 15. The van der Waals surface area contributed by atoms with Gasteiger partial charge in [0.15, 0.2) is 18.4 Å². The van der Waals surface area contributed by atoms with Crippen LogP contribution in [0.3, 0.4) is 0 Å². The number of nitrogens with zero attached hydrogens (tertiary/aromatic N) is 1. The Hall–Kier alpha value is -1.86. The van der Waals surface area contributed by atoms with Gasteiger partial charge in [-0.05, 0) is 91.6 Å². The number of ketones is 1. The molecule has 15 heteroatoms. The van der Waals surface area contributed by atoms with Crippen molar-refractivity contribution in [3.8, 4) is 0 Å². The summed E-state index contributed by atoms with van der Waals surface area (Å²) < 4.78 is 42.3. The minimum atomic E-state index is -1.23. The number of nitrogens with one attached hydrogen (secondary N) is 1. The van der Waals surface area contributed by atoms with E-state index in [4.69, 9.17) is 33.2 Å². The molecule has 0 amide bonds. The van der Waals surface area contributed by atoms with Crippen LogP contribution in [-0.2, 0) is 42.7 Å². The number of cyclic esters (lactones) is 1. The van der Waals surface area contributed by atoms with Gasteiger partial charge in [0.25, 0.3) is 0 Å². The number of hydrogen-bond donors (Lipinski definition) is 5. The number of likely N-dealkylation sites (N-methyl/N-ethyl adjacent to an activating group) is 1. The van der Waals surface area contributed by atoms with Gasteiger partial charge in [0.2, 0.25) is 0 Å². The number of rotatable bonds is 12. The van der Waals surface area contributed by atoms with Gasteiger partial charge in [0, 0.05) is 32.0 Å². The monoisotopic (exact) mass is 827 g/mol. The van der Waals surface area contributed by atoms with Crippen molar-refractivity contribution in [3.05, 3.63) is 23.8 Å². The molecule has 15 nitrogen and oxygen atoms in total. The largest absolute Gasteiger partial charge is 0.462 e. The number of allylic oxidation sites excluding steroid dienone is 3. The minimum absolute atomic E-state index is 0.0447. The molecule has 4 rings (SSSR count). The molecule has 4 aliphatic heterocycles. The second-order valence-corrected chi connectivity index (χ2v) is 17.0. The number of methoxy groups -OCH3 is 2. The maximum atomic E-state index is 13.9. The van der Waals surface area contributed by atoms with E-state index < -0.39 is 103 Å². The molecule has 0 aliphatic carbocycles. The summed E-state index contributed by atoms with van der Waals surface area (Å²) in [6.07, 6.45) is -0.652. The first-order valence-corrected chi connectivity index (χ1v) is 21.5. The Balaban J connectivity index is 1.66. The molecular formula is C43H74N2O13. The lowest BCUT2D eigenvalue weighted by atomic mass is 9.79. The van der Waals surface area contributed by atoms with Crippen LogP contribution in [-0.4, -0.2) is 164 Å². The third kappa shape index (κ3) is 12.8. The third-order valence-corrected chi connectivity index (χ3v) is 12.7. The predicted molar refractivity (Wildman–Crippen MR) is 215 cm³/mol. The van der Waals surface area contributed by atoms with Crippen molar-refractivity contribution in [1.82, 2.24) is 10.2 Å². The highest BCUT2D eigenvalue weighted by Crippen LogP contribution is 2.35. The normalized spacial score (nSPS) is 43.3. The lowest BCUT2D eigenvalue weighted by Gasteiger charge is -2.45. The average molecular weight is 827 g/mol. The van der Waals surface area contributed by atoms with E-state index in [1.165, 1.54) is 20.6 Å². The number of carbonyl (C=O) groups is 2. The lowest BCUT2D eigenvalue weighted by molar-refractivity contribution is -0.304. The molecule has 0 aromatic heterocycles. The van der Waals surface area contributed by atoms with Gasteiger partial charge in [-0.1, -0.05) is 44.9 Å². The summed E-state index contributed by atoms with van der Waals surface area (Å²) in [4.78, 5) is 30.0. The van der Waals surface area contributed by atoms with E-state index in [0.29, 0.717) is 19.3 Å². The summed E-state index contributed by atoms with van der Waals surface area (Å²) in [5.74, 6) is -2.51. The zero-order chi connectivity index (χ0) is 42.7. The number of aliphatic hydroxyl groups is 4. The summed E-state index contributed by atoms with van der Waals surface area (Å²) in [6, 6.07) is -0.728. The van der Waals surface area contributed by atoms with Crippen LogP contribution in [0, 0.1) is 23.7 Å². The molecule has 58 heavy (non-hydrogen) atoms. The fraction of sp³-hybridized carbons (Fsp3) is 0.860. The highest BCUT2D eigenvalue weighted by atomic mass is 16.7. The molecule has 0 aromatic carbocycles. The second-order valence-electron chi connectivity index (χ2n) is 17.0. The molecule has 4 heterocycles. The topological polar surface area (TPSA) is 195 Å². The van der Waals surface area contributed by atoms with Crippen LogP contribution in [0.15, 0.2) is 23.8 Å². The molecule has 0 bridgehead atoms. The molecule has 0 saturated carbocycles. The zero-order valence-corrected chi connectivity index (χ0v) is 36.2. The van der Waals surface area contributed by atoms with E-state index in [0.717, 1.165) is 38.0 Å². The molecular weight excluding hydrogens is 752 g/mol. The lowest BCUT2D eigenvalue weighted by Crippen LogP contribution is -2.63. The van der Waals surface area contributed by atoms with Crippen molar-refractivity contribution in [3.63, 3.8) is 0 Å². The van der Waals surface area contributed by atoms with E-state index >= 15 is 0 Å². The molecule has 3 fully saturated rings. The molecule has 0 radical (unpaired) electrons. The highest BCUT2D eigenvalue weighted by Gasteiger charge is 2.47. The van der Waals surface area contributed by atoms with E-state index in [-0.39, 0.29) is 24.7 Å². The Morgan fingerprint density at radius 1 is 0.862 bits per heavy atom. The van der Waals surface area contributed by atoms with Gasteiger partial charge in [-0.15, -0.1) is 0 Å². The Bertz CT molecular complexity index is 1330. The van der Waals surface area contributed by atoms with Crippen LogP contribution in [0.1, 0.15) is 86.5 Å². The number of piperidine rings is 1. The number of aliphatic hydroxyl groups excluding tert-OH is 4. The minimum Gasteiger partial charge on any atom is -0.462 e. The van der Waals surface area contributed by atoms with Gasteiger partial charge in [-0.3, -0.25) is 9.59 Å². The van der Waals surface area contributed by atoms with E-state index in [9.17, 15) is 30.0 Å². The van der Waals surface area contributed by atoms with Crippen molar-refractivity contribution in [2.24, 2.45) is 23.7 Å². The fourth-order valence-corrected chi connectivity index (χ4v) is 8.97. The van der Waals surface area contributed by atoms with E-state index in [1.54, 1.807) is 33.0 Å². The smallest absolute Gasteiger partial charge is 0.308 e. The van der Waals surface area contributed by atoms with Crippen LogP contribution >= 0.6 is 0 Å². The predicted octanol–water partition coefficient (Wildman–Crippen LogP) is 2.51. The third-order valence-electron chi connectivity index (χ3n) is 12.7. The summed E-state index contributed by atoms with van der Waals surface area (Å²) in [5, 5.41) is 47.6. The summed E-state index contributed by atoms with van der Waals surface area (Å²) >= 11 is 0. The average Bonchev–Trinajstić information content (AvgIpc) is 3.20. The molecule has 17 unspecified atom stereocenters. The molecule has 3 saturated heterocycles. The summed E-state index contributed by atoms with van der Waals surface area (Å²) in [5.41, 5.74) is 0.762. The maximum Gasteiger partial charge on any atom is 0.308 e. The number of carbonyl (C=O) groups excluding carboxylic acids is 2. The van der Waals surface area contributed by atoms with Crippen LogP contribution < -0.4 is 5.32 Å². The van der Waals surface area contributed by atoms with Crippen LogP contribution in [0.25, 0.3) is 0 Å². The van der Waals surface area contributed by atoms with Gasteiger partial charge < -0.3 is 63.8 Å². The van der Waals surface area contributed by atoms with E-state index in [1.807, 2.05) is 33.8 Å². The fourth-order valence-electron chi connectivity index (χ4n) is 8.97. The van der Waals surface area contributed by atoms with Gasteiger partial charge in [0.05, 0.1) is 49.6 Å². The van der Waals surface area contributed by atoms with Crippen molar-refractivity contribution >= 4 is 11.8 Å². The van der Waals surface area contributed by atoms with Gasteiger partial charge in [-0.25, -0.2) is 0 Å². The molecule has 334 valence electrons. The maximum absolute atomic E-state index is 13.9. The van der Waals surface area contributed by atoms with Crippen molar-refractivity contribution in [1.29, 1.82) is 0 Å². The van der Waals surface area contributed by atoms with Gasteiger partial charge in [0.1, 0.15) is 30.5 Å². The first kappa shape index (κ1) is 48.8. The van der Waals surface area contributed by atoms with Crippen molar-refractivity contribution in [2.45, 2.75) is 166 Å². The standard InChI is InChI=1S/C43H74N2O13/c1-10-33-30(23-54-43-41(53-9)40(52-8)37(50)28(6)56-43)20-24(2)14-15-31(46)25(3)21-29(16-19-45-17-12-11-13-18-45)39(26(4)32(47)22-34(48)57-33)58-42-38(51)35(44-7)36(49)27(5)55-42/h14-15,20,25-30,32-33,35-44,47,49-51H,10-13,16-19,21-23H2,1-9H3/b15-14+,24-20+. The Kier molecular flexibility index (Phi) is 19.7. The Morgan fingerprint density at radius 2 is 1.52 bits per heavy atom. The van der Waals surface area contributed by atoms with Crippen molar-refractivity contribution < 1.29 is 63.2 Å². The van der Waals surface area contributed by atoms with Crippen LogP contribution in [0.2, 0.25) is 0 Å². The van der Waals surface area contributed by atoms with Crippen LogP contribution in [0.5, 0.6) is 0 Å². The number of esters is 1. The molecule has 0 spiro atoms. The molecule has 5 N–H and O–H groups in total.